The van der Waals surface area contributed by atoms with Crippen molar-refractivity contribution in [3.63, 3.8) is 0 Å². The summed E-state index contributed by atoms with van der Waals surface area (Å²) in [4.78, 5) is 23.6. The highest BCUT2D eigenvalue weighted by Crippen LogP contribution is 2.30. The van der Waals surface area contributed by atoms with Crippen LogP contribution in [0.3, 0.4) is 0 Å². The average molecular weight is 289 g/mol. The second-order valence-corrected chi connectivity index (χ2v) is 5.12. The average Bonchev–Trinajstić information content (AvgIpc) is 2.77. The molecule has 1 aromatic heterocycles. The molecule has 2 rings (SSSR count). The molecule has 0 fully saturated rings. The number of esters is 1. The van der Waals surface area contributed by atoms with E-state index in [-0.39, 0.29) is 24.4 Å². The molecule has 0 saturated carbocycles. The van der Waals surface area contributed by atoms with Crippen molar-refractivity contribution in [3.05, 3.63) is 30.0 Å². The Bertz CT molecular complexity index is 685. The number of para-hydroxylation sites is 1. The summed E-state index contributed by atoms with van der Waals surface area (Å²) in [6, 6.07) is 5.47. The molecule has 0 unspecified atom stereocenters. The third-order valence-corrected chi connectivity index (χ3v) is 3.13. The molecule has 0 atom stereocenters. The number of fused-ring (bicyclic) bond motifs is 1. The number of rotatable bonds is 5. The minimum atomic E-state index is -0.345. The van der Waals surface area contributed by atoms with E-state index in [0.29, 0.717) is 11.3 Å². The van der Waals surface area contributed by atoms with E-state index in [1.807, 2.05) is 12.1 Å². The maximum absolute atomic E-state index is 11.9. The van der Waals surface area contributed by atoms with Crippen molar-refractivity contribution in [1.82, 2.24) is 4.57 Å². The van der Waals surface area contributed by atoms with Gasteiger partial charge in [-0.15, -0.1) is 0 Å². The van der Waals surface area contributed by atoms with E-state index < -0.39 is 0 Å². The zero-order valence-corrected chi connectivity index (χ0v) is 12.7. The summed E-state index contributed by atoms with van der Waals surface area (Å²) in [5, 5.41) is 0.777. The molecule has 21 heavy (non-hydrogen) atoms. The van der Waals surface area contributed by atoms with Crippen molar-refractivity contribution >= 4 is 22.7 Å². The Labute approximate surface area is 123 Å². The number of carbonyl (C=O) groups is 2. The van der Waals surface area contributed by atoms with Crippen LogP contribution in [-0.2, 0) is 16.1 Å². The SMILES string of the molecule is COc1cccc2c(C(C)=O)cn(CC(=O)OC(C)C)c12. The van der Waals surface area contributed by atoms with Gasteiger partial charge in [0, 0.05) is 17.1 Å². The maximum Gasteiger partial charge on any atom is 0.326 e. The lowest BCUT2D eigenvalue weighted by molar-refractivity contribution is -0.148. The topological polar surface area (TPSA) is 57.5 Å². The lowest BCUT2D eigenvalue weighted by Gasteiger charge is -2.10. The first-order valence-electron chi connectivity index (χ1n) is 6.80. The molecule has 0 aliphatic carbocycles. The molecule has 1 aromatic carbocycles. The number of methoxy groups -OCH3 is 1. The van der Waals surface area contributed by atoms with E-state index in [1.165, 1.54) is 6.92 Å². The minimum absolute atomic E-state index is 0.0440. The van der Waals surface area contributed by atoms with E-state index in [9.17, 15) is 9.59 Å². The first-order chi connectivity index (χ1) is 9.93. The molecular weight excluding hydrogens is 270 g/mol. The number of hydrogen-bond acceptors (Lipinski definition) is 4. The highest BCUT2D eigenvalue weighted by Gasteiger charge is 2.17. The summed E-state index contributed by atoms with van der Waals surface area (Å²) in [6.45, 7) is 5.15. The van der Waals surface area contributed by atoms with Crippen molar-refractivity contribution < 1.29 is 19.1 Å². The van der Waals surface area contributed by atoms with Gasteiger partial charge in [0.05, 0.1) is 18.7 Å². The second-order valence-electron chi connectivity index (χ2n) is 5.12. The molecule has 5 nitrogen and oxygen atoms in total. The second kappa shape index (κ2) is 5.99. The number of hydrogen-bond donors (Lipinski definition) is 0. The van der Waals surface area contributed by atoms with Gasteiger partial charge < -0.3 is 14.0 Å². The van der Waals surface area contributed by atoms with Crippen LogP contribution < -0.4 is 4.74 Å². The largest absolute Gasteiger partial charge is 0.495 e. The van der Waals surface area contributed by atoms with Gasteiger partial charge >= 0.3 is 5.97 Å². The zero-order chi connectivity index (χ0) is 15.6. The molecule has 2 aromatic rings. The molecule has 0 amide bonds. The van der Waals surface area contributed by atoms with Crippen LogP contribution in [0.5, 0.6) is 5.75 Å². The van der Waals surface area contributed by atoms with Gasteiger partial charge in [-0.2, -0.15) is 0 Å². The van der Waals surface area contributed by atoms with E-state index in [1.54, 1.807) is 37.8 Å². The summed E-state index contributed by atoms with van der Waals surface area (Å²) in [7, 11) is 1.56. The van der Waals surface area contributed by atoms with Gasteiger partial charge in [0.2, 0.25) is 0 Å². The molecule has 112 valence electrons. The number of ketones is 1. The van der Waals surface area contributed by atoms with Gasteiger partial charge in [0.25, 0.3) is 0 Å². The predicted octanol–water partition coefficient (Wildman–Crippen LogP) is 2.80. The number of ether oxygens (including phenoxy) is 2. The minimum Gasteiger partial charge on any atom is -0.495 e. The highest BCUT2D eigenvalue weighted by atomic mass is 16.5. The Kier molecular flexibility index (Phi) is 4.31. The molecule has 0 N–H and O–H groups in total. The number of carbonyl (C=O) groups excluding carboxylic acids is 2. The molecule has 1 heterocycles. The fraction of sp³-hybridized carbons (Fsp3) is 0.375. The van der Waals surface area contributed by atoms with E-state index in [2.05, 4.69) is 0 Å². The Morgan fingerprint density at radius 2 is 2.00 bits per heavy atom. The van der Waals surface area contributed by atoms with E-state index in [0.717, 1.165) is 10.9 Å². The van der Waals surface area contributed by atoms with Crippen LogP contribution in [0.4, 0.5) is 0 Å². The molecule has 0 radical (unpaired) electrons. The van der Waals surface area contributed by atoms with Crippen LogP contribution in [0.15, 0.2) is 24.4 Å². The molecule has 0 aliphatic rings. The van der Waals surface area contributed by atoms with E-state index in [4.69, 9.17) is 9.47 Å². The maximum atomic E-state index is 11.9. The quantitative estimate of drug-likeness (QED) is 0.627. The van der Waals surface area contributed by atoms with Crippen LogP contribution in [0, 0.1) is 0 Å². The van der Waals surface area contributed by atoms with Gasteiger partial charge in [-0.25, -0.2) is 0 Å². The summed E-state index contributed by atoms with van der Waals surface area (Å²) < 4.78 is 12.2. The highest BCUT2D eigenvalue weighted by molar-refractivity contribution is 6.08. The van der Waals surface area contributed by atoms with Crippen molar-refractivity contribution in [3.8, 4) is 5.75 Å². The third kappa shape index (κ3) is 3.07. The Hall–Kier alpha value is -2.30. The summed E-state index contributed by atoms with van der Waals surface area (Å²) in [5.74, 6) is 0.226. The monoisotopic (exact) mass is 289 g/mol. The van der Waals surface area contributed by atoms with Crippen LogP contribution >= 0.6 is 0 Å². The van der Waals surface area contributed by atoms with Crippen molar-refractivity contribution in [2.45, 2.75) is 33.4 Å². The molecule has 5 heteroatoms. The van der Waals surface area contributed by atoms with Crippen LogP contribution in [0.2, 0.25) is 0 Å². The third-order valence-electron chi connectivity index (χ3n) is 3.13. The summed E-state index contributed by atoms with van der Waals surface area (Å²) in [6.07, 6.45) is 1.50. The van der Waals surface area contributed by atoms with Gasteiger partial charge in [0.15, 0.2) is 5.78 Å². The predicted molar refractivity (Wildman–Crippen MR) is 79.7 cm³/mol. The van der Waals surface area contributed by atoms with Gasteiger partial charge in [-0.05, 0) is 26.8 Å². The Balaban J connectivity index is 2.52. The number of nitrogens with zero attached hydrogens (tertiary/aromatic N) is 1. The Morgan fingerprint density at radius 3 is 2.57 bits per heavy atom. The standard InChI is InChI=1S/C16H19NO4/c1-10(2)21-15(19)9-17-8-13(11(3)18)12-6-5-7-14(20-4)16(12)17/h5-8,10H,9H2,1-4H3. The van der Waals surface area contributed by atoms with Crippen molar-refractivity contribution in [2.24, 2.45) is 0 Å². The molecule has 0 bridgehead atoms. The normalized spacial score (nSPS) is 10.9. The lowest BCUT2D eigenvalue weighted by Crippen LogP contribution is -2.17. The number of benzene rings is 1. The molecule has 0 saturated heterocycles. The number of Topliss-reactive ketones (excluding diaryl/α,β-unsaturated/α-hetero) is 1. The fourth-order valence-corrected chi connectivity index (χ4v) is 2.34. The van der Waals surface area contributed by atoms with Crippen LogP contribution in [0.25, 0.3) is 10.9 Å². The van der Waals surface area contributed by atoms with Gasteiger partial charge in [-0.1, -0.05) is 12.1 Å². The molecular formula is C16H19NO4. The van der Waals surface area contributed by atoms with E-state index >= 15 is 0 Å². The summed E-state index contributed by atoms with van der Waals surface area (Å²) in [5.41, 5.74) is 1.30. The molecule has 0 aliphatic heterocycles. The number of aromatic nitrogens is 1. The van der Waals surface area contributed by atoms with Crippen molar-refractivity contribution in [1.29, 1.82) is 0 Å². The van der Waals surface area contributed by atoms with Crippen LogP contribution in [-0.4, -0.2) is 29.5 Å². The Morgan fingerprint density at radius 1 is 1.29 bits per heavy atom. The summed E-state index contributed by atoms with van der Waals surface area (Å²) >= 11 is 0. The zero-order valence-electron chi connectivity index (χ0n) is 12.7. The fourth-order valence-electron chi connectivity index (χ4n) is 2.34. The van der Waals surface area contributed by atoms with Gasteiger partial charge in [0.1, 0.15) is 12.3 Å². The first kappa shape index (κ1) is 15.1. The smallest absolute Gasteiger partial charge is 0.326 e. The lowest BCUT2D eigenvalue weighted by atomic mass is 10.1. The van der Waals surface area contributed by atoms with Crippen LogP contribution in [0.1, 0.15) is 31.1 Å². The first-order valence-corrected chi connectivity index (χ1v) is 6.80. The van der Waals surface area contributed by atoms with Gasteiger partial charge in [-0.3, -0.25) is 9.59 Å². The van der Waals surface area contributed by atoms with Crippen molar-refractivity contribution in [2.75, 3.05) is 7.11 Å². The molecule has 0 spiro atoms.